The molecular formula is C2H2F4O3. The molecule has 0 aliphatic heterocycles. The van der Waals surface area contributed by atoms with Crippen molar-refractivity contribution in [1.29, 1.82) is 0 Å². The first kappa shape index (κ1) is 8.60. The molecule has 9 heavy (non-hydrogen) atoms. The standard InChI is InChI=1S/C2H2F4O3/c3-1(7)2(4,8-5)9-6/h1,7H. The number of alkyl halides is 2. The van der Waals surface area contributed by atoms with E-state index in [4.69, 9.17) is 5.11 Å². The van der Waals surface area contributed by atoms with Gasteiger partial charge in [0.1, 0.15) is 0 Å². The summed E-state index contributed by atoms with van der Waals surface area (Å²) in [4.78, 5) is 3.92. The third kappa shape index (κ3) is 1.77. The molecule has 0 amide bonds. The summed E-state index contributed by atoms with van der Waals surface area (Å²) in [6.07, 6.45) is -3.53. The van der Waals surface area contributed by atoms with Gasteiger partial charge in [-0.05, 0) is 9.05 Å². The minimum absolute atomic E-state index is 1.96. The zero-order chi connectivity index (χ0) is 7.49. The van der Waals surface area contributed by atoms with E-state index in [9.17, 15) is 17.8 Å². The number of hydrogen-bond acceptors (Lipinski definition) is 3. The van der Waals surface area contributed by atoms with Crippen LogP contribution in [0.3, 0.4) is 0 Å². The molecule has 0 fully saturated rings. The second kappa shape index (κ2) is 2.95. The highest BCUT2D eigenvalue weighted by atomic mass is 19.3. The van der Waals surface area contributed by atoms with Gasteiger partial charge < -0.3 is 5.11 Å². The minimum Gasteiger partial charge on any atom is -0.358 e. The summed E-state index contributed by atoms with van der Waals surface area (Å²) >= 11 is 0. The van der Waals surface area contributed by atoms with Crippen molar-refractivity contribution in [1.82, 2.24) is 0 Å². The highest BCUT2D eigenvalue weighted by Gasteiger charge is 2.45. The first-order chi connectivity index (χ1) is 4.06. The zero-order valence-electron chi connectivity index (χ0n) is 3.85. The third-order valence-electron chi connectivity index (χ3n) is 0.495. The molecule has 0 aromatic carbocycles. The predicted molar refractivity (Wildman–Crippen MR) is 15.3 cm³/mol. The lowest BCUT2D eigenvalue weighted by atomic mass is 10.6. The summed E-state index contributed by atoms with van der Waals surface area (Å²) in [6, 6.07) is -4.36. The molecule has 1 atom stereocenters. The molecule has 1 N–H and O–H groups in total. The predicted octanol–water partition coefficient (Wildman–Crippen LogP) is 0.700. The smallest absolute Gasteiger partial charge is 0.358 e. The quantitative estimate of drug-likeness (QED) is 0.475. The van der Waals surface area contributed by atoms with E-state index in [0.717, 1.165) is 0 Å². The Labute approximate surface area is 46.6 Å². The molecule has 3 nitrogen and oxygen atoms in total. The molecule has 0 saturated heterocycles. The molecule has 0 saturated carbocycles. The van der Waals surface area contributed by atoms with E-state index in [1.54, 1.807) is 0 Å². The zero-order valence-corrected chi connectivity index (χ0v) is 3.85. The summed E-state index contributed by atoms with van der Waals surface area (Å²) in [5, 5.41) is 7.50. The number of aliphatic hydroxyl groups is 1. The Hall–Kier alpha value is -0.400. The van der Waals surface area contributed by atoms with E-state index >= 15 is 0 Å². The van der Waals surface area contributed by atoms with E-state index < -0.39 is 12.4 Å². The van der Waals surface area contributed by atoms with Gasteiger partial charge in [0.05, 0.1) is 0 Å². The Morgan fingerprint density at radius 2 is 1.67 bits per heavy atom. The molecule has 56 valence electrons. The van der Waals surface area contributed by atoms with E-state index in [0.29, 0.717) is 0 Å². The van der Waals surface area contributed by atoms with Crippen LogP contribution in [0.25, 0.3) is 0 Å². The molecule has 0 radical (unpaired) electrons. The largest absolute Gasteiger partial charge is 0.437 e. The maximum Gasteiger partial charge on any atom is 0.437 e. The highest BCUT2D eigenvalue weighted by molar-refractivity contribution is 4.50. The summed E-state index contributed by atoms with van der Waals surface area (Å²) in [5.41, 5.74) is 0. The van der Waals surface area contributed by atoms with Gasteiger partial charge in [-0.15, -0.1) is 9.88 Å². The van der Waals surface area contributed by atoms with Crippen molar-refractivity contribution in [3.05, 3.63) is 0 Å². The summed E-state index contributed by atoms with van der Waals surface area (Å²) in [6.45, 7) is 0. The Morgan fingerprint density at radius 1 is 1.33 bits per heavy atom. The van der Waals surface area contributed by atoms with Gasteiger partial charge in [-0.3, -0.25) is 0 Å². The van der Waals surface area contributed by atoms with Gasteiger partial charge in [0.25, 0.3) is 6.36 Å². The Morgan fingerprint density at radius 3 is 1.67 bits per heavy atom. The fraction of sp³-hybridized carbons (Fsp3) is 1.00. The van der Waals surface area contributed by atoms with Crippen LogP contribution in [0, 0.1) is 0 Å². The van der Waals surface area contributed by atoms with Crippen molar-refractivity contribution in [2.24, 2.45) is 0 Å². The van der Waals surface area contributed by atoms with Crippen LogP contribution < -0.4 is 0 Å². The SMILES string of the molecule is OC(F)C(F)(OF)OF. The van der Waals surface area contributed by atoms with E-state index in [-0.39, 0.29) is 0 Å². The van der Waals surface area contributed by atoms with Crippen molar-refractivity contribution < 1.29 is 32.8 Å². The lowest BCUT2D eigenvalue weighted by molar-refractivity contribution is -0.500. The van der Waals surface area contributed by atoms with Crippen LogP contribution in [-0.4, -0.2) is 17.5 Å². The molecule has 0 spiro atoms. The van der Waals surface area contributed by atoms with Gasteiger partial charge in [0.2, 0.25) is 0 Å². The molecule has 0 aliphatic carbocycles. The van der Waals surface area contributed by atoms with E-state index in [2.05, 4.69) is 0 Å². The van der Waals surface area contributed by atoms with Crippen LogP contribution in [0.1, 0.15) is 0 Å². The maximum absolute atomic E-state index is 11.6. The fourth-order valence-corrected chi connectivity index (χ4v) is 0.0854. The average Bonchev–Trinajstić information content (AvgIpc) is 1.86. The maximum atomic E-state index is 11.6. The van der Waals surface area contributed by atoms with Gasteiger partial charge in [0.15, 0.2) is 0 Å². The van der Waals surface area contributed by atoms with Gasteiger partial charge in [-0.1, -0.05) is 0 Å². The Kier molecular flexibility index (Phi) is 2.82. The van der Waals surface area contributed by atoms with Crippen molar-refractivity contribution in [3.8, 4) is 0 Å². The van der Waals surface area contributed by atoms with Crippen LogP contribution in [-0.2, 0) is 9.88 Å². The third-order valence-corrected chi connectivity index (χ3v) is 0.495. The van der Waals surface area contributed by atoms with Gasteiger partial charge in [0, 0.05) is 0 Å². The lowest BCUT2D eigenvalue weighted by Crippen LogP contribution is -2.36. The second-order valence-electron chi connectivity index (χ2n) is 1.07. The van der Waals surface area contributed by atoms with Crippen molar-refractivity contribution >= 4 is 0 Å². The van der Waals surface area contributed by atoms with Crippen LogP contribution in [0.4, 0.5) is 17.8 Å². The minimum atomic E-state index is -4.36. The summed E-state index contributed by atoms with van der Waals surface area (Å²) < 4.78 is 44.1. The summed E-state index contributed by atoms with van der Waals surface area (Å²) in [7, 11) is 0. The number of rotatable bonds is 3. The van der Waals surface area contributed by atoms with Gasteiger partial charge in [-0.25, -0.2) is 4.39 Å². The molecule has 0 rings (SSSR count). The second-order valence-corrected chi connectivity index (χ2v) is 1.07. The van der Waals surface area contributed by atoms with Crippen molar-refractivity contribution in [2.45, 2.75) is 12.4 Å². The molecule has 0 aromatic rings. The number of halogens is 4. The topological polar surface area (TPSA) is 38.7 Å². The van der Waals surface area contributed by atoms with Crippen LogP contribution >= 0.6 is 0 Å². The van der Waals surface area contributed by atoms with Crippen LogP contribution in [0.15, 0.2) is 0 Å². The first-order valence-electron chi connectivity index (χ1n) is 1.67. The van der Waals surface area contributed by atoms with Crippen molar-refractivity contribution in [3.63, 3.8) is 0 Å². The lowest BCUT2D eigenvalue weighted by Gasteiger charge is -2.13. The van der Waals surface area contributed by atoms with Crippen molar-refractivity contribution in [2.75, 3.05) is 0 Å². The van der Waals surface area contributed by atoms with Crippen LogP contribution in [0.5, 0.6) is 0 Å². The average molecular weight is 150 g/mol. The molecule has 0 bridgehead atoms. The first-order valence-corrected chi connectivity index (χ1v) is 1.67. The van der Waals surface area contributed by atoms with Gasteiger partial charge in [-0.2, -0.15) is 4.39 Å². The van der Waals surface area contributed by atoms with Crippen LogP contribution in [0.2, 0.25) is 0 Å². The molecule has 7 heteroatoms. The Bertz CT molecular complexity index is 81.9. The fourth-order valence-electron chi connectivity index (χ4n) is 0.0854. The van der Waals surface area contributed by atoms with E-state index in [1.807, 2.05) is 9.88 Å². The summed E-state index contributed by atoms with van der Waals surface area (Å²) in [5.74, 6) is 0. The molecule has 0 heterocycles. The highest BCUT2D eigenvalue weighted by Crippen LogP contribution is 2.21. The molecule has 0 aliphatic rings. The van der Waals surface area contributed by atoms with E-state index in [1.165, 1.54) is 0 Å². The van der Waals surface area contributed by atoms with Gasteiger partial charge >= 0.3 is 6.04 Å². The number of aliphatic hydroxyl groups excluding tert-OH is 1. The molecule has 0 aromatic heterocycles. The molecular weight excluding hydrogens is 148 g/mol. The normalized spacial score (nSPS) is 15.7. The Balaban J connectivity index is 3.92. The molecule has 1 unspecified atom stereocenters. The monoisotopic (exact) mass is 150 g/mol. The number of hydrogen-bond donors (Lipinski definition) is 1.